The minimum atomic E-state index is -1.37. The smallest absolute Gasteiger partial charge is 0.285 e. The van der Waals surface area contributed by atoms with Gasteiger partial charge in [-0.2, -0.15) is 0 Å². The largest absolute Gasteiger partial charge is 0.335 e. The van der Waals surface area contributed by atoms with Crippen LogP contribution in [0.25, 0.3) is 0 Å². The van der Waals surface area contributed by atoms with Gasteiger partial charge < -0.3 is 4.90 Å². The van der Waals surface area contributed by atoms with Crippen molar-refractivity contribution in [1.82, 2.24) is 4.90 Å². The van der Waals surface area contributed by atoms with Crippen molar-refractivity contribution in [3.63, 3.8) is 0 Å². The van der Waals surface area contributed by atoms with Gasteiger partial charge in [0.25, 0.3) is 11.6 Å². The molecule has 1 rings (SSSR count). The maximum absolute atomic E-state index is 13.1. The third-order valence-electron chi connectivity index (χ3n) is 2.48. The van der Waals surface area contributed by atoms with Crippen molar-refractivity contribution < 1.29 is 18.5 Å². The van der Waals surface area contributed by atoms with Crippen molar-refractivity contribution in [1.29, 1.82) is 0 Å². The molecule has 0 bridgehead atoms. The van der Waals surface area contributed by atoms with Crippen LogP contribution < -0.4 is 0 Å². The second-order valence-electron chi connectivity index (χ2n) is 3.67. The molecule has 0 heterocycles. The van der Waals surface area contributed by atoms with Crippen LogP contribution in [-0.4, -0.2) is 28.8 Å². The maximum Gasteiger partial charge on any atom is 0.285 e. The standard InChI is InChI=1S/C12H12F2N2O3/c1-3-5-15(4-2)12(17)8-6-9(13)10(14)7-11(8)16(18)19/h3,6-7H,1,4-5H2,2H3. The van der Waals surface area contributed by atoms with E-state index in [1.165, 1.54) is 11.0 Å². The Hall–Kier alpha value is -2.31. The van der Waals surface area contributed by atoms with Gasteiger partial charge in [0.05, 0.1) is 11.0 Å². The Kier molecular flexibility index (Phi) is 4.68. The SMILES string of the molecule is C=CCN(CC)C(=O)c1cc(F)c(F)cc1[N+](=O)[O-]. The van der Waals surface area contributed by atoms with Crippen molar-refractivity contribution in [2.24, 2.45) is 0 Å². The lowest BCUT2D eigenvalue weighted by atomic mass is 10.1. The Bertz CT molecular complexity index is 532. The molecule has 0 atom stereocenters. The van der Waals surface area contributed by atoms with Crippen molar-refractivity contribution in [2.75, 3.05) is 13.1 Å². The molecule has 0 spiro atoms. The first kappa shape index (κ1) is 14.7. The van der Waals surface area contributed by atoms with Gasteiger partial charge in [-0.25, -0.2) is 8.78 Å². The number of nitro groups is 1. The molecule has 0 saturated heterocycles. The van der Waals surface area contributed by atoms with Gasteiger partial charge >= 0.3 is 0 Å². The Labute approximate surface area is 108 Å². The maximum atomic E-state index is 13.1. The molecule has 5 nitrogen and oxygen atoms in total. The normalized spacial score (nSPS) is 10.1. The number of halogens is 2. The van der Waals surface area contributed by atoms with E-state index in [1.807, 2.05) is 0 Å². The number of nitrogens with zero attached hydrogens (tertiary/aromatic N) is 2. The predicted octanol–water partition coefficient (Wildman–Crippen LogP) is 2.52. The molecule has 0 aliphatic carbocycles. The Balaban J connectivity index is 3.31. The van der Waals surface area contributed by atoms with Gasteiger partial charge in [0, 0.05) is 13.1 Å². The van der Waals surface area contributed by atoms with Gasteiger partial charge in [-0.3, -0.25) is 14.9 Å². The molecule has 1 aromatic rings. The van der Waals surface area contributed by atoms with Crippen molar-refractivity contribution in [3.8, 4) is 0 Å². The van der Waals surface area contributed by atoms with Crippen LogP contribution >= 0.6 is 0 Å². The highest BCUT2D eigenvalue weighted by atomic mass is 19.2. The highest BCUT2D eigenvalue weighted by Gasteiger charge is 2.26. The molecule has 0 radical (unpaired) electrons. The number of rotatable bonds is 5. The van der Waals surface area contributed by atoms with E-state index in [1.54, 1.807) is 6.92 Å². The van der Waals surface area contributed by atoms with E-state index < -0.39 is 33.7 Å². The van der Waals surface area contributed by atoms with E-state index in [-0.39, 0.29) is 13.1 Å². The highest BCUT2D eigenvalue weighted by molar-refractivity contribution is 5.98. The van der Waals surface area contributed by atoms with E-state index in [9.17, 15) is 23.7 Å². The number of carbonyl (C=O) groups is 1. The van der Waals surface area contributed by atoms with Crippen LogP contribution in [0.1, 0.15) is 17.3 Å². The molecule has 0 N–H and O–H groups in total. The molecule has 0 aliphatic heterocycles. The number of hydrogen-bond donors (Lipinski definition) is 0. The molecule has 7 heteroatoms. The summed E-state index contributed by atoms with van der Waals surface area (Å²) >= 11 is 0. The summed E-state index contributed by atoms with van der Waals surface area (Å²) in [7, 11) is 0. The fourth-order valence-electron chi connectivity index (χ4n) is 1.54. The van der Waals surface area contributed by atoms with E-state index in [0.29, 0.717) is 12.1 Å². The number of hydrogen-bond acceptors (Lipinski definition) is 3. The molecule has 0 aliphatic rings. The van der Waals surface area contributed by atoms with Crippen LogP contribution in [0.5, 0.6) is 0 Å². The monoisotopic (exact) mass is 270 g/mol. The summed E-state index contributed by atoms with van der Waals surface area (Å²) in [5.41, 5.74) is -1.24. The number of likely N-dealkylation sites (N-methyl/N-ethyl adjacent to an activating group) is 1. The lowest BCUT2D eigenvalue weighted by Gasteiger charge is -2.18. The molecule has 0 fully saturated rings. The van der Waals surface area contributed by atoms with Gasteiger partial charge in [-0.05, 0) is 13.0 Å². The van der Waals surface area contributed by atoms with E-state index in [4.69, 9.17) is 0 Å². The zero-order valence-electron chi connectivity index (χ0n) is 10.2. The molecule has 0 saturated carbocycles. The van der Waals surface area contributed by atoms with Crippen molar-refractivity contribution in [3.05, 3.63) is 52.1 Å². The summed E-state index contributed by atoms with van der Waals surface area (Å²) in [6.45, 7) is 5.53. The van der Waals surface area contributed by atoms with Crippen LogP contribution in [0.4, 0.5) is 14.5 Å². The number of benzene rings is 1. The predicted molar refractivity (Wildman–Crippen MR) is 64.8 cm³/mol. The minimum Gasteiger partial charge on any atom is -0.335 e. The Morgan fingerprint density at radius 2 is 2.05 bits per heavy atom. The molecule has 0 unspecified atom stereocenters. The first-order valence-electron chi connectivity index (χ1n) is 5.46. The van der Waals surface area contributed by atoms with Crippen LogP contribution in [0.15, 0.2) is 24.8 Å². The number of nitro benzene ring substituents is 1. The lowest BCUT2D eigenvalue weighted by Crippen LogP contribution is -2.31. The average Bonchev–Trinajstić information content (AvgIpc) is 2.37. The van der Waals surface area contributed by atoms with Gasteiger partial charge in [0.2, 0.25) is 0 Å². The first-order chi connectivity index (χ1) is 8.92. The molecule has 0 aromatic heterocycles. The zero-order valence-corrected chi connectivity index (χ0v) is 10.2. The summed E-state index contributed by atoms with van der Waals surface area (Å²) in [5, 5.41) is 10.8. The molecule has 19 heavy (non-hydrogen) atoms. The second kappa shape index (κ2) is 6.03. The summed E-state index contributed by atoms with van der Waals surface area (Å²) in [4.78, 5) is 23.1. The topological polar surface area (TPSA) is 63.5 Å². The zero-order chi connectivity index (χ0) is 14.6. The second-order valence-corrected chi connectivity index (χ2v) is 3.67. The van der Waals surface area contributed by atoms with E-state index in [2.05, 4.69) is 6.58 Å². The minimum absolute atomic E-state index is 0.158. The van der Waals surface area contributed by atoms with Crippen LogP contribution in [0.3, 0.4) is 0 Å². The van der Waals surface area contributed by atoms with Crippen LogP contribution in [-0.2, 0) is 0 Å². The quantitative estimate of drug-likeness (QED) is 0.469. The molecule has 102 valence electrons. The van der Waals surface area contributed by atoms with Gasteiger partial charge in [0.1, 0.15) is 5.56 Å². The van der Waals surface area contributed by atoms with E-state index in [0.717, 1.165) is 0 Å². The summed E-state index contributed by atoms with van der Waals surface area (Å²) in [6.07, 6.45) is 1.44. The van der Waals surface area contributed by atoms with Crippen LogP contribution in [0.2, 0.25) is 0 Å². The third-order valence-corrected chi connectivity index (χ3v) is 2.48. The van der Waals surface area contributed by atoms with Gasteiger partial charge in [-0.1, -0.05) is 6.08 Å². The molecule has 1 amide bonds. The van der Waals surface area contributed by atoms with Gasteiger partial charge in [0.15, 0.2) is 11.6 Å². The molecular formula is C12H12F2N2O3. The van der Waals surface area contributed by atoms with Crippen molar-refractivity contribution >= 4 is 11.6 Å². The highest BCUT2D eigenvalue weighted by Crippen LogP contribution is 2.23. The Morgan fingerprint density at radius 3 is 2.53 bits per heavy atom. The first-order valence-corrected chi connectivity index (χ1v) is 5.46. The summed E-state index contributed by atoms with van der Waals surface area (Å²) in [5.74, 6) is -3.41. The number of carbonyl (C=O) groups excluding carboxylic acids is 1. The number of amides is 1. The van der Waals surface area contributed by atoms with Crippen LogP contribution in [0, 0.1) is 21.7 Å². The molecule has 1 aromatic carbocycles. The Morgan fingerprint density at radius 1 is 1.47 bits per heavy atom. The third kappa shape index (κ3) is 3.12. The van der Waals surface area contributed by atoms with E-state index >= 15 is 0 Å². The fraction of sp³-hybridized carbons (Fsp3) is 0.250. The average molecular weight is 270 g/mol. The van der Waals surface area contributed by atoms with Crippen molar-refractivity contribution in [2.45, 2.75) is 6.92 Å². The van der Waals surface area contributed by atoms with Gasteiger partial charge in [-0.15, -0.1) is 6.58 Å². The molecular weight excluding hydrogens is 258 g/mol. The summed E-state index contributed by atoms with van der Waals surface area (Å²) < 4.78 is 26.1. The lowest BCUT2D eigenvalue weighted by molar-refractivity contribution is -0.385. The fourth-order valence-corrected chi connectivity index (χ4v) is 1.54. The summed E-state index contributed by atoms with van der Waals surface area (Å²) in [6, 6.07) is 0.950.